The van der Waals surface area contributed by atoms with Crippen molar-refractivity contribution in [2.45, 2.75) is 26.2 Å². The van der Waals surface area contributed by atoms with E-state index in [1.54, 1.807) is 5.56 Å². The molecular weight excluding hydrogens is 182 g/mol. The maximum Gasteiger partial charge on any atom is 0.000982 e. The van der Waals surface area contributed by atoms with Crippen LogP contribution in [0.3, 0.4) is 0 Å². The minimum Gasteiger partial charge on any atom is -0.306 e. The average molecular weight is 203 g/mol. The molecule has 1 aliphatic rings. The first kappa shape index (κ1) is 10.7. The van der Waals surface area contributed by atoms with Crippen molar-refractivity contribution in [3.05, 3.63) is 35.4 Å². The van der Waals surface area contributed by atoms with Crippen molar-refractivity contribution in [3.8, 4) is 0 Å². The Morgan fingerprint density at radius 3 is 2.67 bits per heavy atom. The molecule has 2 atom stereocenters. The van der Waals surface area contributed by atoms with Crippen molar-refractivity contribution in [1.82, 2.24) is 4.90 Å². The third-order valence-corrected chi connectivity index (χ3v) is 3.70. The van der Waals surface area contributed by atoms with Gasteiger partial charge in [0.2, 0.25) is 0 Å². The fourth-order valence-corrected chi connectivity index (χ4v) is 2.82. The summed E-state index contributed by atoms with van der Waals surface area (Å²) < 4.78 is 0. The van der Waals surface area contributed by atoms with E-state index in [0.29, 0.717) is 0 Å². The molecule has 0 N–H and O–H groups in total. The van der Waals surface area contributed by atoms with Crippen LogP contribution in [-0.4, -0.2) is 25.0 Å². The molecule has 0 aromatic heterocycles. The largest absolute Gasteiger partial charge is 0.306 e. The molecule has 1 aromatic rings. The van der Waals surface area contributed by atoms with Crippen LogP contribution in [0.15, 0.2) is 24.3 Å². The van der Waals surface area contributed by atoms with Gasteiger partial charge in [-0.3, -0.25) is 0 Å². The maximum atomic E-state index is 2.44. The summed E-state index contributed by atoms with van der Waals surface area (Å²) in [6.45, 7) is 7.09. The van der Waals surface area contributed by atoms with Crippen LogP contribution in [0.1, 0.15) is 30.4 Å². The second kappa shape index (κ2) is 4.36. The van der Waals surface area contributed by atoms with E-state index in [9.17, 15) is 0 Å². The predicted octanol–water partition coefficient (Wildman–Crippen LogP) is 3.05. The highest BCUT2D eigenvalue weighted by Crippen LogP contribution is 2.33. The quantitative estimate of drug-likeness (QED) is 0.678. The fraction of sp³-hybridized carbons (Fsp3) is 0.571. The van der Waals surface area contributed by atoms with Crippen LogP contribution in [0.2, 0.25) is 0 Å². The van der Waals surface area contributed by atoms with Gasteiger partial charge in [0.25, 0.3) is 0 Å². The second-order valence-electron chi connectivity index (χ2n) is 4.99. The highest BCUT2D eigenvalue weighted by Gasteiger charge is 2.26. The topological polar surface area (TPSA) is 3.24 Å². The van der Waals surface area contributed by atoms with Crippen molar-refractivity contribution in [2.24, 2.45) is 5.92 Å². The van der Waals surface area contributed by atoms with E-state index in [4.69, 9.17) is 0 Å². The lowest BCUT2D eigenvalue weighted by Crippen LogP contribution is -2.35. The average Bonchev–Trinajstić information content (AvgIpc) is 2.20. The lowest BCUT2D eigenvalue weighted by atomic mass is 9.80. The molecule has 1 heteroatoms. The van der Waals surface area contributed by atoms with E-state index in [2.05, 4.69) is 50.1 Å². The summed E-state index contributed by atoms with van der Waals surface area (Å²) in [6.07, 6.45) is 1.31. The van der Waals surface area contributed by atoms with Gasteiger partial charge in [0.1, 0.15) is 0 Å². The number of rotatable bonds is 1. The van der Waals surface area contributed by atoms with Gasteiger partial charge >= 0.3 is 0 Å². The van der Waals surface area contributed by atoms with Gasteiger partial charge in [0, 0.05) is 6.54 Å². The fourth-order valence-electron chi connectivity index (χ4n) is 2.82. The third-order valence-electron chi connectivity index (χ3n) is 3.70. The van der Waals surface area contributed by atoms with Gasteiger partial charge < -0.3 is 4.90 Å². The molecule has 1 saturated heterocycles. The van der Waals surface area contributed by atoms with E-state index < -0.39 is 0 Å². The van der Waals surface area contributed by atoms with Crippen LogP contribution in [0.5, 0.6) is 0 Å². The molecule has 0 bridgehead atoms. The summed E-state index contributed by atoms with van der Waals surface area (Å²) in [6, 6.07) is 8.86. The van der Waals surface area contributed by atoms with E-state index in [1.807, 2.05) is 0 Å². The summed E-state index contributed by atoms with van der Waals surface area (Å²) in [7, 11) is 2.23. The minimum atomic E-state index is 0.766. The molecule has 0 unspecified atom stereocenters. The third kappa shape index (κ3) is 2.23. The lowest BCUT2D eigenvalue weighted by molar-refractivity contribution is 0.195. The molecule has 1 heterocycles. The standard InChI is InChI=1S/C14H21N/c1-11-6-4-5-7-13(11)14-8-9-15(3)10-12(14)2/h4-7,12,14H,8-10H2,1-3H3/t12-,14-/m1/s1. The smallest absolute Gasteiger partial charge is 0.000982 e. The maximum absolute atomic E-state index is 2.44. The summed E-state index contributed by atoms with van der Waals surface area (Å²) in [5.74, 6) is 1.55. The Balaban J connectivity index is 2.20. The number of aryl methyl sites for hydroxylation is 1. The highest BCUT2D eigenvalue weighted by molar-refractivity contribution is 5.30. The first-order valence-corrected chi connectivity index (χ1v) is 5.92. The van der Waals surface area contributed by atoms with Crippen molar-refractivity contribution >= 4 is 0 Å². The Morgan fingerprint density at radius 2 is 2.00 bits per heavy atom. The Kier molecular flexibility index (Phi) is 3.11. The summed E-state index contributed by atoms with van der Waals surface area (Å²) in [5.41, 5.74) is 3.03. The van der Waals surface area contributed by atoms with Crippen LogP contribution in [0.25, 0.3) is 0 Å². The molecule has 0 spiro atoms. The molecule has 1 nitrogen and oxygen atoms in total. The number of nitrogens with zero attached hydrogens (tertiary/aromatic N) is 1. The molecule has 82 valence electrons. The lowest BCUT2D eigenvalue weighted by Gasteiger charge is -2.35. The van der Waals surface area contributed by atoms with Crippen LogP contribution >= 0.6 is 0 Å². The number of hydrogen-bond acceptors (Lipinski definition) is 1. The van der Waals surface area contributed by atoms with Crippen molar-refractivity contribution < 1.29 is 0 Å². The first-order valence-electron chi connectivity index (χ1n) is 5.92. The minimum absolute atomic E-state index is 0.766. The van der Waals surface area contributed by atoms with Crippen LogP contribution in [0.4, 0.5) is 0 Å². The van der Waals surface area contributed by atoms with Crippen LogP contribution < -0.4 is 0 Å². The number of piperidine rings is 1. The van der Waals surface area contributed by atoms with Crippen molar-refractivity contribution in [1.29, 1.82) is 0 Å². The Labute approximate surface area is 93.1 Å². The van der Waals surface area contributed by atoms with Gasteiger partial charge in [-0.25, -0.2) is 0 Å². The van der Waals surface area contributed by atoms with Gasteiger partial charge in [0.15, 0.2) is 0 Å². The van der Waals surface area contributed by atoms with Gasteiger partial charge in [-0.05, 0) is 49.9 Å². The number of benzene rings is 1. The molecule has 1 aliphatic heterocycles. The summed E-state index contributed by atoms with van der Waals surface area (Å²) in [5, 5.41) is 0. The molecule has 2 rings (SSSR count). The molecule has 0 radical (unpaired) electrons. The van der Waals surface area contributed by atoms with Crippen LogP contribution in [0, 0.1) is 12.8 Å². The van der Waals surface area contributed by atoms with Crippen molar-refractivity contribution in [3.63, 3.8) is 0 Å². The Bertz CT molecular complexity index is 332. The monoisotopic (exact) mass is 203 g/mol. The zero-order valence-electron chi connectivity index (χ0n) is 10.0. The van der Waals surface area contributed by atoms with E-state index in [0.717, 1.165) is 11.8 Å². The van der Waals surface area contributed by atoms with Gasteiger partial charge in [-0.2, -0.15) is 0 Å². The first-order chi connectivity index (χ1) is 7.18. The summed E-state index contributed by atoms with van der Waals surface area (Å²) in [4.78, 5) is 2.44. The van der Waals surface area contributed by atoms with Crippen molar-refractivity contribution in [2.75, 3.05) is 20.1 Å². The Morgan fingerprint density at radius 1 is 1.27 bits per heavy atom. The predicted molar refractivity (Wildman–Crippen MR) is 65.2 cm³/mol. The van der Waals surface area contributed by atoms with E-state index >= 15 is 0 Å². The SMILES string of the molecule is Cc1ccccc1[C@@H]1CCN(C)C[C@H]1C. The van der Waals surface area contributed by atoms with Gasteiger partial charge in [-0.15, -0.1) is 0 Å². The molecular formula is C14H21N. The number of likely N-dealkylation sites (tertiary alicyclic amines) is 1. The summed E-state index contributed by atoms with van der Waals surface area (Å²) >= 11 is 0. The van der Waals surface area contributed by atoms with E-state index in [1.165, 1.54) is 25.1 Å². The Hall–Kier alpha value is -0.820. The number of hydrogen-bond donors (Lipinski definition) is 0. The molecule has 1 fully saturated rings. The molecule has 0 aliphatic carbocycles. The zero-order chi connectivity index (χ0) is 10.8. The van der Waals surface area contributed by atoms with Crippen LogP contribution in [-0.2, 0) is 0 Å². The molecule has 0 saturated carbocycles. The van der Waals surface area contributed by atoms with E-state index in [-0.39, 0.29) is 0 Å². The normalized spacial score (nSPS) is 27.9. The second-order valence-corrected chi connectivity index (χ2v) is 4.99. The van der Waals surface area contributed by atoms with Gasteiger partial charge in [0.05, 0.1) is 0 Å². The zero-order valence-corrected chi connectivity index (χ0v) is 10.0. The molecule has 15 heavy (non-hydrogen) atoms. The molecule has 1 aromatic carbocycles. The highest BCUT2D eigenvalue weighted by atomic mass is 15.1. The van der Waals surface area contributed by atoms with Gasteiger partial charge in [-0.1, -0.05) is 31.2 Å². The molecule has 0 amide bonds.